The molecule has 0 atom stereocenters. The predicted molar refractivity (Wildman–Crippen MR) is 23.2 cm³/mol. The standard InChI is InChI=1S/C2H4O2.Na.3H/c1-2(3)4;;;;/h1H3,(H,3,4);;;;. The number of carbonyl (C=O) groups is 1. The van der Waals surface area contributed by atoms with E-state index in [4.69, 9.17) is 9.90 Å². The predicted octanol–water partition coefficient (Wildman–Crippen LogP) is -1.09. The third kappa shape index (κ3) is 123. The van der Waals surface area contributed by atoms with Crippen LogP contribution in [0.2, 0.25) is 0 Å². The summed E-state index contributed by atoms with van der Waals surface area (Å²) in [4.78, 5) is 9.00. The molecule has 0 aliphatic carbocycles. The third-order valence-corrected chi connectivity index (χ3v) is 0. The normalized spacial score (nSPS) is 5.00. The van der Waals surface area contributed by atoms with E-state index >= 15 is 0 Å². The van der Waals surface area contributed by atoms with Gasteiger partial charge in [-0.1, -0.05) is 0 Å². The number of carboxylic acid groups (broad SMARTS) is 1. The second kappa shape index (κ2) is 4.47. The summed E-state index contributed by atoms with van der Waals surface area (Å²) in [7, 11) is 0. The van der Waals surface area contributed by atoms with Crippen LogP contribution in [0.3, 0.4) is 0 Å². The Morgan fingerprint density at radius 2 is 1.80 bits per heavy atom. The van der Waals surface area contributed by atoms with Crippen molar-refractivity contribution in [1.29, 1.82) is 0 Å². The van der Waals surface area contributed by atoms with Crippen LogP contribution >= 0.6 is 0 Å². The van der Waals surface area contributed by atoms with Crippen molar-refractivity contribution in [1.82, 2.24) is 0 Å². The molecule has 0 spiro atoms. The first-order valence-electron chi connectivity index (χ1n) is 0.928. The van der Waals surface area contributed by atoms with Crippen LogP contribution in [0.5, 0.6) is 0 Å². The molecule has 5 heavy (non-hydrogen) atoms. The summed E-state index contributed by atoms with van der Waals surface area (Å²) in [6.45, 7) is 1.08. The molecule has 0 aliphatic rings. The summed E-state index contributed by atoms with van der Waals surface area (Å²) in [5.41, 5.74) is 0. The average Bonchev–Trinajstić information content (AvgIpc) is 0.811. The first-order valence-corrected chi connectivity index (χ1v) is 0.928. The molecule has 0 saturated carbocycles. The molecular weight excluding hydrogens is 79.0 g/mol. The van der Waals surface area contributed by atoms with Crippen molar-refractivity contribution in [3.63, 3.8) is 0 Å². The van der Waals surface area contributed by atoms with E-state index in [2.05, 4.69) is 0 Å². The molecule has 28 valence electrons. The zero-order valence-corrected chi connectivity index (χ0v) is 2.36. The van der Waals surface area contributed by atoms with Gasteiger partial charge in [0.2, 0.25) is 0 Å². The molecule has 0 rings (SSSR count). The molecule has 0 amide bonds. The Kier molecular flexibility index (Phi) is 8.11. The molecule has 0 aromatic carbocycles. The van der Waals surface area contributed by atoms with Gasteiger partial charge < -0.3 is 5.11 Å². The fourth-order valence-corrected chi connectivity index (χ4v) is 0. The molecule has 0 aromatic rings. The molecule has 0 aromatic heterocycles. The van der Waals surface area contributed by atoms with E-state index in [0.29, 0.717) is 0 Å². The van der Waals surface area contributed by atoms with Gasteiger partial charge in [-0.05, 0) is 0 Å². The zero-order valence-electron chi connectivity index (χ0n) is 2.36. The van der Waals surface area contributed by atoms with E-state index in [-0.39, 0.29) is 29.6 Å². The summed E-state index contributed by atoms with van der Waals surface area (Å²) in [6.07, 6.45) is 0. The first kappa shape index (κ1) is 9.08. The van der Waals surface area contributed by atoms with Gasteiger partial charge in [-0.15, -0.1) is 0 Å². The molecule has 0 aliphatic heterocycles. The van der Waals surface area contributed by atoms with Gasteiger partial charge in [0.1, 0.15) is 0 Å². The molecule has 3 heteroatoms. The number of rotatable bonds is 0. The van der Waals surface area contributed by atoms with Gasteiger partial charge >= 0.3 is 29.6 Å². The molecule has 0 saturated heterocycles. The monoisotopic (exact) mass is 86.0 g/mol. The van der Waals surface area contributed by atoms with Gasteiger partial charge in [0.25, 0.3) is 5.97 Å². The zero-order chi connectivity index (χ0) is 3.58. The van der Waals surface area contributed by atoms with Crippen LogP contribution in [-0.4, -0.2) is 40.6 Å². The van der Waals surface area contributed by atoms with Gasteiger partial charge in [0.05, 0.1) is 0 Å². The van der Waals surface area contributed by atoms with Crippen LogP contribution in [0.15, 0.2) is 0 Å². The van der Waals surface area contributed by atoms with Crippen molar-refractivity contribution in [2.24, 2.45) is 0 Å². The first-order chi connectivity index (χ1) is 1.73. The molecule has 0 heterocycles. The van der Waals surface area contributed by atoms with E-state index in [0.717, 1.165) is 6.92 Å². The van der Waals surface area contributed by atoms with Gasteiger partial charge in [-0.2, -0.15) is 0 Å². The van der Waals surface area contributed by atoms with Gasteiger partial charge in [-0.3, -0.25) is 4.79 Å². The minimum absolute atomic E-state index is 0. The molecule has 0 bridgehead atoms. The molecule has 4 radical (unpaired) electrons. The Balaban J connectivity index is 0. The molecule has 1 N–H and O–H groups in total. The fourth-order valence-electron chi connectivity index (χ4n) is 0. The van der Waals surface area contributed by atoms with Gasteiger partial charge in [0.15, 0.2) is 0 Å². The van der Waals surface area contributed by atoms with Crippen LogP contribution in [0, 0.1) is 0 Å². The SMILES string of the molecule is CC(=O)O.[NaH3]. The van der Waals surface area contributed by atoms with Crippen molar-refractivity contribution in [3.05, 3.63) is 0 Å². The molecule has 0 fully saturated rings. The van der Waals surface area contributed by atoms with Crippen molar-refractivity contribution < 1.29 is 9.90 Å². The second-order valence-corrected chi connectivity index (χ2v) is 0.519. The van der Waals surface area contributed by atoms with E-state index < -0.39 is 5.97 Å². The van der Waals surface area contributed by atoms with Crippen LogP contribution in [-0.2, 0) is 4.79 Å². The van der Waals surface area contributed by atoms with E-state index in [1.807, 2.05) is 0 Å². The average molecular weight is 86.1 g/mol. The van der Waals surface area contributed by atoms with Gasteiger partial charge in [-0.25, -0.2) is 0 Å². The number of hydrogen-bond acceptors (Lipinski definition) is 1. The molecule has 0 unspecified atom stereocenters. The number of carboxylic acids is 1. The molecular formula is C2H7NaO2. The summed E-state index contributed by atoms with van der Waals surface area (Å²) in [5, 5.41) is 7.42. The van der Waals surface area contributed by atoms with Crippen LogP contribution in [0.4, 0.5) is 0 Å². The Morgan fingerprint density at radius 3 is 1.80 bits per heavy atom. The van der Waals surface area contributed by atoms with Crippen LogP contribution < -0.4 is 0 Å². The fraction of sp³-hybridized carbons (Fsp3) is 0.500. The summed E-state index contributed by atoms with van der Waals surface area (Å²) >= 11 is 0. The van der Waals surface area contributed by atoms with Gasteiger partial charge in [0, 0.05) is 6.92 Å². The van der Waals surface area contributed by atoms with Crippen LogP contribution in [0.25, 0.3) is 0 Å². The van der Waals surface area contributed by atoms with Crippen LogP contribution in [0.1, 0.15) is 6.92 Å². The summed E-state index contributed by atoms with van der Waals surface area (Å²) in [5.74, 6) is -0.833. The molecule has 2 nitrogen and oxygen atoms in total. The van der Waals surface area contributed by atoms with E-state index in [1.54, 1.807) is 0 Å². The quantitative estimate of drug-likeness (QED) is 0.380. The second-order valence-electron chi connectivity index (χ2n) is 0.519. The maximum atomic E-state index is 9.00. The number of aliphatic carboxylic acids is 1. The van der Waals surface area contributed by atoms with Crippen molar-refractivity contribution >= 4 is 35.5 Å². The van der Waals surface area contributed by atoms with Crippen molar-refractivity contribution in [3.8, 4) is 0 Å². The minimum atomic E-state index is -0.833. The summed E-state index contributed by atoms with van der Waals surface area (Å²) < 4.78 is 0. The van der Waals surface area contributed by atoms with Crippen molar-refractivity contribution in [2.45, 2.75) is 6.92 Å². The Bertz CT molecular complexity index is 30.6. The van der Waals surface area contributed by atoms with E-state index in [9.17, 15) is 0 Å². The maximum absolute atomic E-state index is 9.00. The third-order valence-electron chi connectivity index (χ3n) is 0. The Hall–Kier alpha value is 0.470. The number of hydrogen-bond donors (Lipinski definition) is 1. The summed E-state index contributed by atoms with van der Waals surface area (Å²) in [6, 6.07) is 0. The van der Waals surface area contributed by atoms with E-state index in [1.165, 1.54) is 0 Å². The Labute approximate surface area is 52.5 Å². The Morgan fingerprint density at radius 1 is 1.80 bits per heavy atom. The topological polar surface area (TPSA) is 37.3 Å². The van der Waals surface area contributed by atoms with Crippen molar-refractivity contribution in [2.75, 3.05) is 0 Å².